The van der Waals surface area contributed by atoms with Crippen LogP contribution in [0.5, 0.6) is 0 Å². The van der Waals surface area contributed by atoms with Crippen LogP contribution >= 0.6 is 11.5 Å². The quantitative estimate of drug-likeness (QED) is 0.148. The molecule has 0 spiro atoms. The molecule has 18 heteroatoms. The summed E-state index contributed by atoms with van der Waals surface area (Å²) >= 11 is 1.01. The maximum atomic E-state index is 12.3. The van der Waals surface area contributed by atoms with Gasteiger partial charge in [-0.25, -0.2) is 4.98 Å². The van der Waals surface area contributed by atoms with Gasteiger partial charge in [-0.3, -0.25) is 9.11 Å². The molecule has 15 nitrogen and oxygen atoms in total. The Morgan fingerprint density at radius 3 is 2.23 bits per heavy atom. The van der Waals surface area contributed by atoms with Crippen LogP contribution in [0.25, 0.3) is 0 Å². The van der Waals surface area contributed by atoms with Crippen molar-refractivity contribution >= 4 is 65.9 Å². The van der Waals surface area contributed by atoms with Crippen LogP contribution in [0.1, 0.15) is 36.4 Å². The summed E-state index contributed by atoms with van der Waals surface area (Å²) in [5.74, 6) is 0.192. The third-order valence-electron chi connectivity index (χ3n) is 5.39. The number of benzene rings is 1. The topological polar surface area (TPSA) is 221 Å². The van der Waals surface area contributed by atoms with Gasteiger partial charge in [-0.1, -0.05) is 19.9 Å². The van der Waals surface area contributed by atoms with E-state index in [-0.39, 0.29) is 46.3 Å². The largest absolute Gasteiger partial charge is 0.367 e. The SMILES string of the molecule is CCc1cc(C)c(S(=O)(=O)O)c(CC)c1Nc1nc(NC)nc(NCCS(=O)(=O)O)c1N=Nc1nc(C)ns1. The number of hydrogen-bond donors (Lipinski definition) is 5. The fourth-order valence-electron chi connectivity index (χ4n) is 3.78. The molecule has 3 rings (SSSR count). The highest BCUT2D eigenvalue weighted by atomic mass is 32.2. The van der Waals surface area contributed by atoms with Crippen LogP contribution in [-0.2, 0) is 33.1 Å². The summed E-state index contributed by atoms with van der Waals surface area (Å²) in [6.07, 6.45) is 0.781. The average molecular weight is 600 g/mol. The molecule has 0 fully saturated rings. The Morgan fingerprint density at radius 1 is 1.00 bits per heavy atom. The van der Waals surface area contributed by atoms with E-state index in [1.807, 2.05) is 6.92 Å². The molecule has 3 aromatic rings. The van der Waals surface area contributed by atoms with E-state index < -0.39 is 26.0 Å². The van der Waals surface area contributed by atoms with Crippen molar-refractivity contribution in [3.8, 4) is 0 Å². The second-order valence-corrected chi connectivity index (χ2v) is 11.9. The second-order valence-electron chi connectivity index (χ2n) is 8.22. The zero-order valence-electron chi connectivity index (χ0n) is 21.8. The fourth-order valence-corrected chi connectivity index (χ4v) is 5.67. The lowest BCUT2D eigenvalue weighted by Gasteiger charge is -2.21. The molecule has 0 bridgehead atoms. The molecule has 39 heavy (non-hydrogen) atoms. The Bertz CT molecular complexity index is 1610. The van der Waals surface area contributed by atoms with Crippen molar-refractivity contribution in [1.29, 1.82) is 0 Å². The predicted molar refractivity (Wildman–Crippen MR) is 148 cm³/mol. The number of anilines is 4. The first-order valence-corrected chi connectivity index (χ1v) is 15.5. The van der Waals surface area contributed by atoms with Gasteiger partial charge >= 0.3 is 0 Å². The minimum atomic E-state index is -4.55. The molecule has 2 aromatic heterocycles. The Hall–Kier alpha value is -3.32. The molecule has 0 radical (unpaired) electrons. The summed E-state index contributed by atoms with van der Waals surface area (Å²) in [6, 6.07) is 1.67. The van der Waals surface area contributed by atoms with Crippen LogP contribution < -0.4 is 16.0 Å². The second kappa shape index (κ2) is 12.2. The first-order chi connectivity index (χ1) is 18.3. The van der Waals surface area contributed by atoms with Crippen LogP contribution in [0.3, 0.4) is 0 Å². The number of nitrogens with one attached hydrogen (secondary N) is 3. The standard InChI is InChI=1S/C21H29N9O6S3/c1-6-13-10-11(3)17(39(34,35)36)14(7-2)15(13)25-19-16(28-29-21-24-12(4)30-37-21)18(26-20(22-5)27-19)23-8-9-38(31,32)33/h10H,6-9H2,1-5H3,(H,31,32,33)(H,34,35,36)(H3,22,23,25,26,27). The van der Waals surface area contributed by atoms with Crippen molar-refractivity contribution in [1.82, 2.24) is 19.3 Å². The van der Waals surface area contributed by atoms with Crippen LogP contribution in [0.15, 0.2) is 21.2 Å². The third kappa shape index (κ3) is 7.63. The van der Waals surface area contributed by atoms with E-state index in [2.05, 4.69) is 45.5 Å². The Balaban J connectivity index is 2.25. The lowest BCUT2D eigenvalue weighted by Crippen LogP contribution is -2.16. The highest BCUT2D eigenvalue weighted by Gasteiger charge is 2.25. The molecular formula is C21H29N9O6S3. The van der Waals surface area contributed by atoms with E-state index in [1.165, 1.54) is 0 Å². The highest BCUT2D eigenvalue weighted by molar-refractivity contribution is 7.86. The number of hydrogen-bond acceptors (Lipinski definition) is 14. The number of azo groups is 1. The maximum absolute atomic E-state index is 12.3. The van der Waals surface area contributed by atoms with E-state index >= 15 is 0 Å². The van der Waals surface area contributed by atoms with Gasteiger partial charge in [0.2, 0.25) is 11.1 Å². The van der Waals surface area contributed by atoms with E-state index in [0.717, 1.165) is 17.1 Å². The molecule has 1 aromatic carbocycles. The summed E-state index contributed by atoms with van der Waals surface area (Å²) in [5.41, 5.74) is 1.96. The Labute approximate surface area is 230 Å². The van der Waals surface area contributed by atoms with E-state index in [9.17, 15) is 21.4 Å². The molecule has 0 aliphatic carbocycles. The molecule has 212 valence electrons. The summed E-state index contributed by atoms with van der Waals surface area (Å²) in [5, 5.41) is 17.4. The zero-order valence-corrected chi connectivity index (χ0v) is 24.3. The van der Waals surface area contributed by atoms with Crippen molar-refractivity contribution in [2.24, 2.45) is 10.2 Å². The third-order valence-corrected chi connectivity index (χ3v) is 7.89. The van der Waals surface area contributed by atoms with Crippen LogP contribution in [0.2, 0.25) is 0 Å². The van der Waals surface area contributed by atoms with Gasteiger partial charge in [-0.2, -0.15) is 31.2 Å². The predicted octanol–water partition coefficient (Wildman–Crippen LogP) is 3.82. The van der Waals surface area contributed by atoms with E-state index in [4.69, 9.17) is 4.55 Å². The minimum absolute atomic E-state index is 0.0512. The van der Waals surface area contributed by atoms with Gasteiger partial charge in [0.1, 0.15) is 10.7 Å². The van der Waals surface area contributed by atoms with Gasteiger partial charge in [0, 0.05) is 30.8 Å². The molecule has 0 amide bonds. The van der Waals surface area contributed by atoms with Crippen molar-refractivity contribution in [2.75, 3.05) is 35.3 Å². The maximum Gasteiger partial charge on any atom is 0.295 e. The Morgan fingerprint density at radius 2 is 1.69 bits per heavy atom. The van der Waals surface area contributed by atoms with Crippen LogP contribution in [0, 0.1) is 13.8 Å². The first-order valence-electron chi connectivity index (χ1n) is 11.7. The highest BCUT2D eigenvalue weighted by Crippen LogP contribution is 2.39. The lowest BCUT2D eigenvalue weighted by atomic mass is 9.99. The van der Waals surface area contributed by atoms with Gasteiger partial charge in [0.05, 0.1) is 5.75 Å². The van der Waals surface area contributed by atoms with Gasteiger partial charge in [0.15, 0.2) is 17.3 Å². The number of aryl methyl sites for hydroxylation is 3. The van der Waals surface area contributed by atoms with Crippen molar-refractivity contribution in [2.45, 2.75) is 45.4 Å². The summed E-state index contributed by atoms with van der Waals surface area (Å²) in [4.78, 5) is 12.7. The normalized spacial score (nSPS) is 12.2. The minimum Gasteiger partial charge on any atom is -0.367 e. The molecular weight excluding hydrogens is 570 g/mol. The summed E-state index contributed by atoms with van der Waals surface area (Å²) in [6.45, 7) is 6.74. The van der Waals surface area contributed by atoms with Gasteiger partial charge < -0.3 is 16.0 Å². The van der Waals surface area contributed by atoms with Gasteiger partial charge in [-0.15, -0.1) is 10.2 Å². The number of aromatic nitrogens is 4. The number of nitrogens with zero attached hydrogens (tertiary/aromatic N) is 6. The molecule has 0 saturated heterocycles. The first kappa shape index (κ1) is 30.2. The van der Waals surface area contributed by atoms with Crippen LogP contribution in [0.4, 0.5) is 34.1 Å². The summed E-state index contributed by atoms with van der Waals surface area (Å²) < 4.78 is 70.3. The van der Waals surface area contributed by atoms with E-state index in [1.54, 1.807) is 33.9 Å². The van der Waals surface area contributed by atoms with Crippen LogP contribution in [-0.4, -0.2) is 64.6 Å². The molecule has 0 atom stereocenters. The van der Waals surface area contributed by atoms with Gasteiger partial charge in [-0.05, 0) is 43.4 Å². The van der Waals surface area contributed by atoms with E-state index in [0.29, 0.717) is 29.1 Å². The van der Waals surface area contributed by atoms with Gasteiger partial charge in [0.25, 0.3) is 20.2 Å². The number of rotatable bonds is 12. The Kier molecular flexibility index (Phi) is 9.49. The lowest BCUT2D eigenvalue weighted by molar-refractivity contribution is 0.480. The van der Waals surface area contributed by atoms with Crippen molar-refractivity contribution in [3.63, 3.8) is 0 Å². The van der Waals surface area contributed by atoms with Crippen molar-refractivity contribution < 1.29 is 25.9 Å². The molecule has 0 aliphatic rings. The summed E-state index contributed by atoms with van der Waals surface area (Å²) in [7, 11) is -7.24. The monoisotopic (exact) mass is 599 g/mol. The fraction of sp³-hybridized carbons (Fsp3) is 0.429. The zero-order chi connectivity index (χ0) is 29.0. The molecule has 0 saturated carbocycles. The average Bonchev–Trinajstić information content (AvgIpc) is 3.26. The molecule has 0 aliphatic heterocycles. The van der Waals surface area contributed by atoms with Crippen molar-refractivity contribution in [3.05, 3.63) is 28.6 Å². The molecule has 5 N–H and O–H groups in total. The smallest absolute Gasteiger partial charge is 0.295 e. The molecule has 0 unspecified atom stereocenters. The molecule has 2 heterocycles.